The molecular formula is C24H26F3N5O. The van der Waals surface area contributed by atoms with Crippen LogP contribution in [0.1, 0.15) is 48.2 Å². The number of nitrogens with one attached hydrogen (secondary N) is 1. The molecule has 4 heterocycles. The highest BCUT2D eigenvalue weighted by Crippen LogP contribution is 2.38. The molecule has 0 aliphatic carbocycles. The zero-order valence-corrected chi connectivity index (χ0v) is 18.8. The van der Waals surface area contributed by atoms with Gasteiger partial charge in [-0.15, -0.1) is 5.10 Å². The number of fused-ring (bicyclic) bond motifs is 3. The van der Waals surface area contributed by atoms with Gasteiger partial charge < -0.3 is 15.0 Å². The van der Waals surface area contributed by atoms with Gasteiger partial charge in [0.15, 0.2) is 5.82 Å². The molecule has 1 N–H and O–H groups in total. The van der Waals surface area contributed by atoms with Crippen molar-refractivity contribution in [3.05, 3.63) is 52.8 Å². The summed E-state index contributed by atoms with van der Waals surface area (Å²) in [5.41, 5.74) is 2.59. The average Bonchev–Trinajstić information content (AvgIpc) is 3.03. The van der Waals surface area contributed by atoms with Crippen LogP contribution in [0.15, 0.2) is 30.5 Å². The number of aryl methyl sites for hydroxylation is 1. The summed E-state index contributed by atoms with van der Waals surface area (Å²) in [6.45, 7) is 6.60. The van der Waals surface area contributed by atoms with Crippen LogP contribution in [0.5, 0.6) is 0 Å². The molecule has 0 spiro atoms. The number of rotatable bonds is 4. The van der Waals surface area contributed by atoms with Crippen LogP contribution in [0, 0.1) is 13.8 Å². The standard InChI is InChI=1S/C24H26F3N5O/c1-13-19(5-4-6-21(13)24(25,26)27)14(2)29-23-20-9-18(10-28-22(20)15(3)30-31-23)32-16-7-8-17(32)12-33-11-16/h4-6,9-10,14,16-17H,7-8,11-12H2,1-3H3,(H,29,31)/t14-,16?,17?/m1/s1. The molecule has 5 rings (SSSR count). The van der Waals surface area contributed by atoms with Gasteiger partial charge in [-0.3, -0.25) is 4.98 Å². The number of alkyl halides is 3. The molecule has 9 heteroatoms. The Labute approximate surface area is 190 Å². The van der Waals surface area contributed by atoms with Crippen LogP contribution in [-0.4, -0.2) is 40.5 Å². The number of hydrogen-bond acceptors (Lipinski definition) is 6. The van der Waals surface area contributed by atoms with Gasteiger partial charge in [0.05, 0.1) is 60.0 Å². The molecule has 0 amide bonds. The fraction of sp³-hybridized carbons (Fsp3) is 0.458. The van der Waals surface area contributed by atoms with E-state index in [2.05, 4.69) is 31.5 Å². The average molecular weight is 458 g/mol. The van der Waals surface area contributed by atoms with E-state index in [9.17, 15) is 13.2 Å². The van der Waals surface area contributed by atoms with E-state index in [1.807, 2.05) is 20.0 Å². The van der Waals surface area contributed by atoms with E-state index in [4.69, 9.17) is 4.74 Å². The highest BCUT2D eigenvalue weighted by molar-refractivity contribution is 5.92. The number of hydrogen-bond donors (Lipinski definition) is 1. The lowest BCUT2D eigenvalue weighted by Crippen LogP contribution is -2.45. The molecule has 33 heavy (non-hydrogen) atoms. The van der Waals surface area contributed by atoms with Gasteiger partial charge in [-0.1, -0.05) is 12.1 Å². The van der Waals surface area contributed by atoms with E-state index < -0.39 is 17.8 Å². The second-order valence-corrected chi connectivity index (χ2v) is 8.94. The minimum Gasteiger partial charge on any atom is -0.377 e. The Balaban J connectivity index is 1.52. The van der Waals surface area contributed by atoms with Gasteiger partial charge in [0.1, 0.15) is 0 Å². The van der Waals surface area contributed by atoms with Crippen molar-refractivity contribution < 1.29 is 17.9 Å². The largest absolute Gasteiger partial charge is 0.416 e. The molecule has 1 aromatic carbocycles. The van der Waals surface area contributed by atoms with Crippen LogP contribution in [0.4, 0.5) is 24.7 Å². The molecule has 2 aliphatic heterocycles. The molecule has 0 saturated carbocycles. The smallest absolute Gasteiger partial charge is 0.377 e. The number of morpholine rings is 1. The van der Waals surface area contributed by atoms with E-state index in [1.165, 1.54) is 13.0 Å². The predicted molar refractivity (Wildman–Crippen MR) is 120 cm³/mol. The fourth-order valence-electron chi connectivity index (χ4n) is 5.16. The zero-order valence-electron chi connectivity index (χ0n) is 18.8. The van der Waals surface area contributed by atoms with Crippen molar-refractivity contribution in [1.82, 2.24) is 15.2 Å². The Hall–Kier alpha value is -2.94. The van der Waals surface area contributed by atoms with Crippen molar-refractivity contribution in [2.24, 2.45) is 0 Å². The Morgan fingerprint density at radius 2 is 1.85 bits per heavy atom. The molecule has 174 valence electrons. The first-order valence-corrected chi connectivity index (χ1v) is 11.2. The summed E-state index contributed by atoms with van der Waals surface area (Å²) in [6.07, 6.45) is -0.342. The van der Waals surface area contributed by atoms with Crippen molar-refractivity contribution in [3.63, 3.8) is 0 Å². The fourth-order valence-corrected chi connectivity index (χ4v) is 5.16. The van der Waals surface area contributed by atoms with Gasteiger partial charge in [0, 0.05) is 5.39 Å². The first kappa shape index (κ1) is 21.9. The summed E-state index contributed by atoms with van der Waals surface area (Å²) in [5, 5.41) is 12.7. The third-order valence-corrected chi connectivity index (χ3v) is 6.81. The minimum atomic E-state index is -4.40. The Morgan fingerprint density at radius 1 is 1.12 bits per heavy atom. The monoisotopic (exact) mass is 457 g/mol. The Kier molecular flexibility index (Phi) is 5.39. The quantitative estimate of drug-likeness (QED) is 0.581. The number of aromatic nitrogens is 3. The lowest BCUT2D eigenvalue weighted by Gasteiger charge is -2.36. The molecule has 3 aromatic rings. The number of pyridine rings is 1. The van der Waals surface area contributed by atoms with Crippen molar-refractivity contribution >= 4 is 22.4 Å². The molecule has 2 bridgehead atoms. The minimum absolute atomic E-state index is 0.207. The zero-order chi connectivity index (χ0) is 23.3. The molecule has 2 unspecified atom stereocenters. The van der Waals surface area contributed by atoms with E-state index in [1.54, 1.807) is 6.07 Å². The van der Waals surface area contributed by atoms with E-state index in [0.717, 1.165) is 35.5 Å². The Morgan fingerprint density at radius 3 is 2.55 bits per heavy atom. The summed E-state index contributed by atoms with van der Waals surface area (Å²) < 4.78 is 45.9. The highest BCUT2D eigenvalue weighted by atomic mass is 19.4. The molecule has 3 atom stereocenters. The molecule has 2 aliphatic rings. The molecule has 2 aromatic heterocycles. The maximum Gasteiger partial charge on any atom is 0.416 e. The van der Waals surface area contributed by atoms with Crippen LogP contribution in [-0.2, 0) is 10.9 Å². The van der Waals surface area contributed by atoms with Crippen molar-refractivity contribution in [3.8, 4) is 0 Å². The second-order valence-electron chi connectivity index (χ2n) is 8.94. The van der Waals surface area contributed by atoms with E-state index >= 15 is 0 Å². The number of ether oxygens (including phenoxy) is 1. The Bertz CT molecular complexity index is 1180. The highest BCUT2D eigenvalue weighted by Gasteiger charge is 2.38. The molecule has 2 saturated heterocycles. The van der Waals surface area contributed by atoms with Gasteiger partial charge in [0.2, 0.25) is 0 Å². The van der Waals surface area contributed by atoms with Gasteiger partial charge >= 0.3 is 6.18 Å². The number of halogens is 3. The topological polar surface area (TPSA) is 63.2 Å². The number of benzene rings is 1. The maximum absolute atomic E-state index is 13.4. The van der Waals surface area contributed by atoms with Gasteiger partial charge in [0.25, 0.3) is 0 Å². The predicted octanol–water partition coefficient (Wildman–Crippen LogP) is 5.20. The molecule has 0 radical (unpaired) electrons. The van der Waals surface area contributed by atoms with Gasteiger partial charge in [-0.05, 0) is 56.9 Å². The van der Waals surface area contributed by atoms with Crippen LogP contribution >= 0.6 is 0 Å². The summed E-state index contributed by atoms with van der Waals surface area (Å²) in [7, 11) is 0. The van der Waals surface area contributed by atoms with Crippen LogP contribution < -0.4 is 10.2 Å². The van der Waals surface area contributed by atoms with E-state index in [-0.39, 0.29) is 5.56 Å². The number of anilines is 2. The lowest BCUT2D eigenvalue weighted by molar-refractivity contribution is -0.138. The normalized spacial score (nSPS) is 21.5. The van der Waals surface area contributed by atoms with Crippen LogP contribution in [0.3, 0.4) is 0 Å². The third kappa shape index (κ3) is 3.88. The van der Waals surface area contributed by atoms with Gasteiger partial charge in [-0.25, -0.2) is 0 Å². The first-order valence-electron chi connectivity index (χ1n) is 11.2. The summed E-state index contributed by atoms with van der Waals surface area (Å²) in [4.78, 5) is 7.07. The lowest BCUT2D eigenvalue weighted by atomic mass is 9.97. The number of nitrogens with zero attached hydrogens (tertiary/aromatic N) is 4. The van der Waals surface area contributed by atoms with Crippen LogP contribution in [0.2, 0.25) is 0 Å². The van der Waals surface area contributed by atoms with Crippen molar-refractivity contribution in [1.29, 1.82) is 0 Å². The van der Waals surface area contributed by atoms with E-state index in [0.29, 0.717) is 42.4 Å². The maximum atomic E-state index is 13.4. The summed E-state index contributed by atoms with van der Waals surface area (Å²) in [6, 6.07) is 6.59. The summed E-state index contributed by atoms with van der Waals surface area (Å²) >= 11 is 0. The SMILES string of the molecule is Cc1c([C@@H](C)Nc2nnc(C)c3ncc(N4C5CCC4COC5)cc23)cccc1C(F)(F)F. The third-order valence-electron chi connectivity index (χ3n) is 6.81. The second kappa shape index (κ2) is 8.13. The molecule has 6 nitrogen and oxygen atoms in total. The van der Waals surface area contributed by atoms with Gasteiger partial charge in [-0.2, -0.15) is 18.3 Å². The van der Waals surface area contributed by atoms with Crippen molar-refractivity contribution in [2.75, 3.05) is 23.4 Å². The van der Waals surface area contributed by atoms with Crippen LogP contribution in [0.25, 0.3) is 10.9 Å². The van der Waals surface area contributed by atoms with Crippen molar-refractivity contribution in [2.45, 2.75) is 57.9 Å². The molecule has 2 fully saturated rings. The molecular weight excluding hydrogens is 431 g/mol. The summed E-state index contributed by atoms with van der Waals surface area (Å²) in [5.74, 6) is 0.509. The first-order chi connectivity index (χ1) is 15.7.